The average Bonchev–Trinajstić information content (AvgIpc) is 3.48. The third-order valence-electron chi connectivity index (χ3n) is 5.17. The van der Waals surface area contributed by atoms with E-state index >= 15 is 0 Å². The summed E-state index contributed by atoms with van der Waals surface area (Å²) in [5.74, 6) is 2.67. The van der Waals surface area contributed by atoms with Crippen LogP contribution >= 0.6 is 11.8 Å². The first kappa shape index (κ1) is 21.2. The first-order chi connectivity index (χ1) is 15.2. The van der Waals surface area contributed by atoms with Crippen molar-refractivity contribution in [1.82, 2.24) is 19.7 Å². The molecule has 1 aliphatic heterocycles. The molecule has 0 spiro atoms. The van der Waals surface area contributed by atoms with Crippen LogP contribution in [-0.2, 0) is 17.9 Å². The average molecular weight is 439 g/mol. The Morgan fingerprint density at radius 3 is 2.58 bits per heavy atom. The van der Waals surface area contributed by atoms with Crippen LogP contribution in [0.25, 0.3) is 0 Å². The molecule has 1 amide bonds. The lowest BCUT2D eigenvalue weighted by Gasteiger charge is -2.15. The minimum atomic E-state index is 0.158. The Hall–Kier alpha value is -3.00. The summed E-state index contributed by atoms with van der Waals surface area (Å²) in [6, 6.07) is 17.6. The molecular weight excluding hydrogens is 412 g/mol. The lowest BCUT2D eigenvalue weighted by Crippen LogP contribution is -2.29. The molecule has 1 saturated heterocycles. The van der Waals surface area contributed by atoms with Crippen LogP contribution in [0.5, 0.6) is 11.5 Å². The van der Waals surface area contributed by atoms with Gasteiger partial charge < -0.3 is 14.4 Å². The van der Waals surface area contributed by atoms with Gasteiger partial charge in [0.15, 0.2) is 11.0 Å². The smallest absolute Gasteiger partial charge is 0.233 e. The molecule has 0 radical (unpaired) electrons. The number of benzene rings is 2. The zero-order valence-electron chi connectivity index (χ0n) is 17.6. The lowest BCUT2D eigenvalue weighted by molar-refractivity contribution is -0.127. The van der Waals surface area contributed by atoms with Gasteiger partial charge in [-0.05, 0) is 30.5 Å². The molecule has 0 bridgehead atoms. The Morgan fingerprint density at radius 1 is 1.03 bits per heavy atom. The van der Waals surface area contributed by atoms with Crippen molar-refractivity contribution >= 4 is 17.7 Å². The number of amides is 1. The highest BCUT2D eigenvalue weighted by Gasteiger charge is 2.20. The molecule has 4 rings (SSSR count). The SMILES string of the molecule is COc1cccc(OCc2nnc(SCC(=O)N3CCCC3)n2Cc2ccccc2)c1. The topological polar surface area (TPSA) is 69.5 Å². The van der Waals surface area contributed by atoms with Crippen LogP contribution in [0.1, 0.15) is 24.2 Å². The summed E-state index contributed by atoms with van der Waals surface area (Å²) < 4.78 is 13.2. The highest BCUT2D eigenvalue weighted by atomic mass is 32.2. The van der Waals surface area contributed by atoms with Gasteiger partial charge in [0, 0.05) is 19.2 Å². The number of carbonyl (C=O) groups is 1. The van der Waals surface area contributed by atoms with E-state index in [1.807, 2.05) is 51.9 Å². The third-order valence-corrected chi connectivity index (χ3v) is 6.12. The van der Waals surface area contributed by atoms with Gasteiger partial charge in [0.1, 0.15) is 18.1 Å². The lowest BCUT2D eigenvalue weighted by atomic mass is 10.2. The minimum absolute atomic E-state index is 0.158. The molecule has 7 nitrogen and oxygen atoms in total. The normalized spacial score (nSPS) is 13.4. The largest absolute Gasteiger partial charge is 0.497 e. The molecular formula is C23H26N4O3S. The quantitative estimate of drug-likeness (QED) is 0.475. The van der Waals surface area contributed by atoms with Gasteiger partial charge in [-0.1, -0.05) is 48.2 Å². The zero-order chi connectivity index (χ0) is 21.5. The molecule has 0 unspecified atom stereocenters. The van der Waals surface area contributed by atoms with Gasteiger partial charge in [0.25, 0.3) is 0 Å². The number of rotatable bonds is 9. The number of nitrogens with zero attached hydrogens (tertiary/aromatic N) is 4. The molecule has 8 heteroatoms. The van der Waals surface area contributed by atoms with Crippen molar-refractivity contribution in [1.29, 1.82) is 0 Å². The molecule has 0 N–H and O–H groups in total. The summed E-state index contributed by atoms with van der Waals surface area (Å²) in [5, 5.41) is 9.44. The molecule has 2 aromatic carbocycles. The highest BCUT2D eigenvalue weighted by Crippen LogP contribution is 2.23. The number of methoxy groups -OCH3 is 1. The second kappa shape index (κ2) is 10.3. The molecule has 0 aliphatic carbocycles. The predicted molar refractivity (Wildman–Crippen MR) is 119 cm³/mol. The summed E-state index contributed by atoms with van der Waals surface area (Å²) >= 11 is 1.43. The number of hydrogen-bond donors (Lipinski definition) is 0. The molecule has 1 fully saturated rings. The summed E-state index contributed by atoms with van der Waals surface area (Å²) in [6.07, 6.45) is 2.18. The fourth-order valence-electron chi connectivity index (χ4n) is 3.48. The summed E-state index contributed by atoms with van der Waals surface area (Å²) in [6.45, 7) is 2.60. The molecule has 1 aromatic heterocycles. The predicted octanol–water partition coefficient (Wildman–Crippen LogP) is 3.63. The fourth-order valence-corrected chi connectivity index (χ4v) is 4.34. The van der Waals surface area contributed by atoms with Crippen LogP contribution in [0.4, 0.5) is 0 Å². The Labute approximate surface area is 186 Å². The van der Waals surface area contributed by atoms with E-state index in [4.69, 9.17) is 9.47 Å². The Bertz CT molecular complexity index is 1000. The third kappa shape index (κ3) is 5.58. The van der Waals surface area contributed by atoms with Gasteiger partial charge in [0.2, 0.25) is 5.91 Å². The molecule has 1 aliphatic rings. The second-order valence-corrected chi connectivity index (χ2v) is 8.26. The number of ether oxygens (including phenoxy) is 2. The molecule has 162 valence electrons. The van der Waals surface area contributed by atoms with E-state index in [1.54, 1.807) is 7.11 Å². The van der Waals surface area contributed by atoms with Crippen molar-refractivity contribution < 1.29 is 14.3 Å². The first-order valence-corrected chi connectivity index (χ1v) is 11.3. The number of likely N-dealkylation sites (tertiary alicyclic amines) is 1. The maximum absolute atomic E-state index is 12.5. The fraction of sp³-hybridized carbons (Fsp3) is 0.348. The van der Waals surface area contributed by atoms with Crippen molar-refractivity contribution in [3.63, 3.8) is 0 Å². The van der Waals surface area contributed by atoms with Crippen molar-refractivity contribution in [2.75, 3.05) is 26.0 Å². The molecule has 0 atom stereocenters. The van der Waals surface area contributed by atoms with Crippen molar-refractivity contribution in [3.05, 3.63) is 66.0 Å². The van der Waals surface area contributed by atoms with E-state index in [1.165, 1.54) is 11.8 Å². The van der Waals surface area contributed by atoms with E-state index in [0.29, 0.717) is 23.9 Å². The maximum Gasteiger partial charge on any atom is 0.233 e. The molecule has 0 saturated carbocycles. The van der Waals surface area contributed by atoms with Crippen LogP contribution in [0.2, 0.25) is 0 Å². The summed E-state index contributed by atoms with van der Waals surface area (Å²) in [4.78, 5) is 14.4. The molecule has 31 heavy (non-hydrogen) atoms. The Balaban J connectivity index is 1.49. The van der Waals surface area contributed by atoms with Crippen LogP contribution < -0.4 is 9.47 Å². The number of hydrogen-bond acceptors (Lipinski definition) is 6. The van der Waals surface area contributed by atoms with E-state index in [0.717, 1.165) is 42.4 Å². The van der Waals surface area contributed by atoms with Crippen LogP contribution in [0.15, 0.2) is 59.8 Å². The second-order valence-electron chi connectivity index (χ2n) is 7.31. The summed E-state index contributed by atoms with van der Waals surface area (Å²) in [7, 11) is 1.63. The molecule has 3 aromatic rings. The summed E-state index contributed by atoms with van der Waals surface area (Å²) in [5.41, 5.74) is 1.14. The van der Waals surface area contributed by atoms with Crippen LogP contribution in [0.3, 0.4) is 0 Å². The number of aromatic nitrogens is 3. The van der Waals surface area contributed by atoms with Gasteiger partial charge in [-0.3, -0.25) is 9.36 Å². The van der Waals surface area contributed by atoms with Crippen molar-refractivity contribution in [2.24, 2.45) is 0 Å². The standard InChI is InChI=1S/C23H26N4O3S/c1-29-19-10-7-11-20(14-19)30-16-21-24-25-23(27(21)15-18-8-3-2-4-9-18)31-17-22(28)26-12-5-6-13-26/h2-4,7-11,14H,5-6,12-13,15-17H2,1H3. The van der Waals surface area contributed by atoms with E-state index in [9.17, 15) is 4.79 Å². The van der Waals surface area contributed by atoms with E-state index in [2.05, 4.69) is 22.3 Å². The zero-order valence-corrected chi connectivity index (χ0v) is 18.4. The van der Waals surface area contributed by atoms with Gasteiger partial charge in [0.05, 0.1) is 19.4 Å². The Kier molecular flexibility index (Phi) is 7.09. The van der Waals surface area contributed by atoms with Gasteiger partial charge >= 0.3 is 0 Å². The Morgan fingerprint density at radius 2 is 1.81 bits per heavy atom. The van der Waals surface area contributed by atoms with Crippen molar-refractivity contribution in [3.8, 4) is 11.5 Å². The van der Waals surface area contributed by atoms with E-state index in [-0.39, 0.29) is 12.5 Å². The maximum atomic E-state index is 12.5. The highest BCUT2D eigenvalue weighted by molar-refractivity contribution is 7.99. The van der Waals surface area contributed by atoms with Gasteiger partial charge in [-0.2, -0.15) is 0 Å². The van der Waals surface area contributed by atoms with Gasteiger partial charge in [-0.15, -0.1) is 10.2 Å². The van der Waals surface area contributed by atoms with Gasteiger partial charge in [-0.25, -0.2) is 0 Å². The monoisotopic (exact) mass is 438 g/mol. The minimum Gasteiger partial charge on any atom is -0.497 e. The van der Waals surface area contributed by atoms with Crippen LogP contribution in [0, 0.1) is 0 Å². The van der Waals surface area contributed by atoms with E-state index < -0.39 is 0 Å². The van der Waals surface area contributed by atoms with Crippen molar-refractivity contribution in [2.45, 2.75) is 31.1 Å². The molecule has 2 heterocycles. The number of thioether (sulfide) groups is 1. The van der Waals surface area contributed by atoms with Crippen LogP contribution in [-0.4, -0.2) is 51.5 Å². The number of carbonyl (C=O) groups excluding carboxylic acids is 1. The first-order valence-electron chi connectivity index (χ1n) is 10.4.